The molecule has 0 aliphatic heterocycles. The first-order valence-corrected chi connectivity index (χ1v) is 11.3. The van der Waals surface area contributed by atoms with Crippen molar-refractivity contribution in [3.63, 3.8) is 0 Å². The van der Waals surface area contributed by atoms with Crippen LogP contribution in [0.25, 0.3) is 5.82 Å². The highest BCUT2D eigenvalue weighted by Gasteiger charge is 2.25. The molecule has 14 heteroatoms. The summed E-state index contributed by atoms with van der Waals surface area (Å²) in [5.74, 6) is -0.310. The van der Waals surface area contributed by atoms with Gasteiger partial charge in [0.2, 0.25) is 11.6 Å². The smallest absolute Gasteiger partial charge is 0.293 e. The van der Waals surface area contributed by atoms with E-state index < -0.39 is 5.91 Å². The van der Waals surface area contributed by atoms with Crippen LogP contribution in [-0.4, -0.2) is 60.5 Å². The number of amides is 1. The maximum Gasteiger partial charge on any atom is 0.293 e. The Morgan fingerprint density at radius 2 is 2.10 bits per heavy atom. The maximum absolute atomic E-state index is 12.8. The minimum Gasteiger partial charge on any atom is -0.506 e. The number of halogens is 2. The molecule has 2 heterocycles. The van der Waals surface area contributed by atoms with Gasteiger partial charge in [-0.05, 0) is 80.7 Å². The zero-order chi connectivity index (χ0) is 22.5. The van der Waals surface area contributed by atoms with Crippen molar-refractivity contribution in [2.24, 2.45) is 5.10 Å². The lowest BCUT2D eigenvalue weighted by Gasteiger charge is -2.18. The number of carbonyl (C=O) groups excluding carboxylic acids is 1. The van der Waals surface area contributed by atoms with Gasteiger partial charge in [-0.25, -0.2) is 10.1 Å². The molecule has 0 bridgehead atoms. The summed E-state index contributed by atoms with van der Waals surface area (Å²) in [5.41, 5.74) is 9.22. The van der Waals surface area contributed by atoms with Gasteiger partial charge in [0.25, 0.3) is 5.91 Å². The summed E-state index contributed by atoms with van der Waals surface area (Å²) >= 11 is 4.16. The Morgan fingerprint density at radius 1 is 1.35 bits per heavy atom. The van der Waals surface area contributed by atoms with Crippen LogP contribution in [-0.2, 0) is 6.54 Å². The number of hydrazone groups is 1. The molecule has 3 rings (SSSR count). The van der Waals surface area contributed by atoms with Crippen molar-refractivity contribution in [1.29, 1.82) is 0 Å². The Balaban J connectivity index is 1.88. The fourth-order valence-electron chi connectivity index (χ4n) is 2.68. The summed E-state index contributed by atoms with van der Waals surface area (Å²) in [6.07, 6.45) is 1.37. The molecule has 3 aromatic rings. The van der Waals surface area contributed by atoms with Gasteiger partial charge >= 0.3 is 0 Å². The zero-order valence-electron chi connectivity index (χ0n) is 16.6. The lowest BCUT2D eigenvalue weighted by atomic mass is 10.2. The fourth-order valence-corrected chi connectivity index (χ4v) is 4.57. The third-order valence-electron chi connectivity index (χ3n) is 4.37. The van der Waals surface area contributed by atoms with Crippen molar-refractivity contribution in [3.05, 3.63) is 36.2 Å². The summed E-state index contributed by atoms with van der Waals surface area (Å²) in [6, 6.07) is 3.57. The second-order valence-electron chi connectivity index (χ2n) is 6.26. The molecule has 0 spiro atoms. The van der Waals surface area contributed by atoms with Gasteiger partial charge < -0.3 is 10.8 Å². The van der Waals surface area contributed by atoms with Gasteiger partial charge in [0.15, 0.2) is 5.69 Å². The molecule has 0 fully saturated rings. The average molecular weight is 651 g/mol. The number of nitrogens with zero attached hydrogens (tertiary/aromatic N) is 7. The van der Waals surface area contributed by atoms with E-state index in [1.54, 1.807) is 6.07 Å². The first-order valence-electron chi connectivity index (χ1n) is 9.12. The third kappa shape index (κ3) is 5.29. The molecular weight excluding hydrogens is 632 g/mol. The van der Waals surface area contributed by atoms with Crippen LogP contribution in [0.5, 0.6) is 5.75 Å². The number of hydrogen-bond donors (Lipinski definition) is 3. The molecule has 0 aliphatic rings. The lowest BCUT2D eigenvalue weighted by molar-refractivity contribution is 0.0948. The number of rotatable bonds is 8. The van der Waals surface area contributed by atoms with Crippen molar-refractivity contribution in [2.45, 2.75) is 20.4 Å². The SMILES string of the molecule is CCN(CC)Cc1c(C(=O)N/N=C/c2cc(I)cc(I)c2O)nnn1-c1nonc1N. The Labute approximate surface area is 204 Å². The Kier molecular flexibility index (Phi) is 7.76. The number of nitrogen functional groups attached to an aromatic ring is 1. The molecule has 1 aromatic carbocycles. The predicted octanol–water partition coefficient (Wildman–Crippen LogP) is 1.75. The molecule has 0 atom stereocenters. The Morgan fingerprint density at radius 3 is 2.74 bits per heavy atom. The van der Waals surface area contributed by atoms with Crippen molar-refractivity contribution in [3.8, 4) is 11.6 Å². The van der Waals surface area contributed by atoms with E-state index in [4.69, 9.17) is 5.73 Å². The van der Waals surface area contributed by atoms with Crippen LogP contribution >= 0.6 is 45.2 Å². The first kappa shape index (κ1) is 23.3. The third-order valence-corrected chi connectivity index (χ3v) is 5.81. The zero-order valence-corrected chi connectivity index (χ0v) is 20.9. The first-order chi connectivity index (χ1) is 14.8. The van der Waals surface area contributed by atoms with E-state index in [2.05, 4.69) is 63.3 Å². The van der Waals surface area contributed by atoms with Crippen LogP contribution in [0, 0.1) is 7.14 Å². The Hall–Kier alpha value is -2.34. The highest BCUT2D eigenvalue weighted by molar-refractivity contribution is 14.1. The second kappa shape index (κ2) is 10.3. The number of aromatic nitrogens is 5. The normalized spacial score (nSPS) is 11.5. The van der Waals surface area contributed by atoms with Gasteiger partial charge in [0.1, 0.15) is 5.75 Å². The van der Waals surface area contributed by atoms with Crippen molar-refractivity contribution < 1.29 is 14.5 Å². The maximum atomic E-state index is 12.8. The van der Waals surface area contributed by atoms with E-state index in [9.17, 15) is 9.90 Å². The predicted molar refractivity (Wildman–Crippen MR) is 129 cm³/mol. The number of nitrogens with one attached hydrogen (secondary N) is 1. The Bertz CT molecular complexity index is 1110. The number of benzene rings is 1. The highest BCUT2D eigenvalue weighted by Crippen LogP contribution is 2.25. The van der Waals surface area contributed by atoms with E-state index in [1.165, 1.54) is 10.9 Å². The number of carbonyl (C=O) groups is 1. The van der Waals surface area contributed by atoms with Crippen LogP contribution in [0.15, 0.2) is 21.9 Å². The van der Waals surface area contributed by atoms with Crippen LogP contribution in [0.4, 0.5) is 5.82 Å². The second-order valence-corrected chi connectivity index (χ2v) is 8.66. The molecular formula is C17H19I2N9O3. The highest BCUT2D eigenvalue weighted by atomic mass is 127. The standard InChI is InChI=1S/C17H19I2N9O3/c1-3-27(4-2)8-12-13(22-26-28(12)16-15(20)24-31-25-16)17(30)23-21-7-9-5-10(18)6-11(19)14(9)29/h5-7,29H,3-4,8H2,1-2H3,(H2,20,24)(H,23,30)/b21-7+. The van der Waals surface area contributed by atoms with Crippen molar-refractivity contribution in [2.75, 3.05) is 18.8 Å². The molecule has 4 N–H and O–H groups in total. The topological polar surface area (TPSA) is 161 Å². The van der Waals surface area contributed by atoms with Crippen LogP contribution < -0.4 is 11.2 Å². The number of anilines is 1. The van der Waals surface area contributed by atoms with E-state index in [-0.39, 0.29) is 23.1 Å². The summed E-state index contributed by atoms with van der Waals surface area (Å²) in [7, 11) is 0. The lowest BCUT2D eigenvalue weighted by Crippen LogP contribution is -2.27. The van der Waals surface area contributed by atoms with Gasteiger partial charge in [0, 0.05) is 15.7 Å². The molecule has 164 valence electrons. The van der Waals surface area contributed by atoms with Crippen LogP contribution in [0.3, 0.4) is 0 Å². The molecule has 1 amide bonds. The average Bonchev–Trinajstić information content (AvgIpc) is 3.34. The van der Waals surface area contributed by atoms with E-state index in [0.717, 1.165) is 16.7 Å². The summed E-state index contributed by atoms with van der Waals surface area (Å²) in [4.78, 5) is 14.9. The van der Waals surface area contributed by atoms with Gasteiger partial charge in [0.05, 0.1) is 15.5 Å². The monoisotopic (exact) mass is 651 g/mol. The van der Waals surface area contributed by atoms with E-state index in [1.807, 2.05) is 42.5 Å². The van der Waals surface area contributed by atoms with Gasteiger partial charge in [-0.2, -0.15) is 9.78 Å². The molecule has 0 unspecified atom stereocenters. The summed E-state index contributed by atoms with van der Waals surface area (Å²) in [6.45, 7) is 5.87. The van der Waals surface area contributed by atoms with E-state index in [0.29, 0.717) is 21.4 Å². The van der Waals surface area contributed by atoms with Gasteiger partial charge in [-0.15, -0.1) is 5.10 Å². The number of nitrogens with two attached hydrogens (primary N) is 1. The molecule has 12 nitrogen and oxygen atoms in total. The van der Waals surface area contributed by atoms with Crippen molar-refractivity contribution in [1.82, 2.24) is 35.6 Å². The minimum absolute atomic E-state index is 0.0273. The van der Waals surface area contributed by atoms with Gasteiger partial charge in [-0.1, -0.05) is 19.1 Å². The van der Waals surface area contributed by atoms with E-state index >= 15 is 0 Å². The molecule has 0 radical (unpaired) electrons. The molecule has 2 aromatic heterocycles. The number of phenols is 1. The molecule has 31 heavy (non-hydrogen) atoms. The van der Waals surface area contributed by atoms with Crippen LogP contribution in [0.1, 0.15) is 35.6 Å². The molecule has 0 saturated heterocycles. The van der Waals surface area contributed by atoms with Crippen LogP contribution in [0.2, 0.25) is 0 Å². The summed E-state index contributed by atoms with van der Waals surface area (Å²) in [5, 5.41) is 29.4. The molecule has 0 aliphatic carbocycles. The van der Waals surface area contributed by atoms with Gasteiger partial charge in [-0.3, -0.25) is 9.69 Å². The molecule has 0 saturated carbocycles. The fraction of sp³-hybridized carbons (Fsp3) is 0.294. The quantitative estimate of drug-likeness (QED) is 0.187. The minimum atomic E-state index is -0.570. The number of hydrogen-bond acceptors (Lipinski definition) is 10. The van der Waals surface area contributed by atoms with Crippen molar-refractivity contribution >= 4 is 63.1 Å². The summed E-state index contributed by atoms with van der Waals surface area (Å²) < 4.78 is 7.59. The number of aromatic hydroxyl groups is 1. The largest absolute Gasteiger partial charge is 0.506 e. The number of phenolic OH excluding ortho intramolecular Hbond substituents is 1.